The highest BCUT2D eigenvalue weighted by atomic mass is 16.5. The number of nitrogens with two attached hydrogens (primary N) is 1. The summed E-state index contributed by atoms with van der Waals surface area (Å²) in [6.45, 7) is 6.00. The number of aryl methyl sites for hydroxylation is 1. The van der Waals surface area contributed by atoms with Crippen molar-refractivity contribution in [2.45, 2.75) is 45.6 Å². The summed E-state index contributed by atoms with van der Waals surface area (Å²) in [6.07, 6.45) is 1.76. The molecule has 0 saturated heterocycles. The van der Waals surface area contributed by atoms with Gasteiger partial charge in [0.2, 0.25) is 11.8 Å². The first-order valence-electron chi connectivity index (χ1n) is 8.99. The van der Waals surface area contributed by atoms with Crippen LogP contribution in [0.5, 0.6) is 17.4 Å². The summed E-state index contributed by atoms with van der Waals surface area (Å²) in [5, 5.41) is 17.0. The van der Waals surface area contributed by atoms with E-state index in [1.54, 1.807) is 7.11 Å². The van der Waals surface area contributed by atoms with Crippen molar-refractivity contribution in [2.24, 2.45) is 5.73 Å². The topological polar surface area (TPSA) is 106 Å². The summed E-state index contributed by atoms with van der Waals surface area (Å²) >= 11 is 0. The number of nitrogens with zero attached hydrogens (tertiary/aromatic N) is 2. The second-order valence-electron chi connectivity index (χ2n) is 6.67. The Labute approximate surface area is 158 Å². The Bertz CT molecular complexity index is 908. The van der Waals surface area contributed by atoms with Gasteiger partial charge in [0.05, 0.1) is 19.1 Å². The Balaban J connectivity index is 2.14. The number of methoxy groups -OCH3 is 1. The van der Waals surface area contributed by atoms with Gasteiger partial charge >= 0.3 is 0 Å². The zero-order valence-corrected chi connectivity index (χ0v) is 16.0. The van der Waals surface area contributed by atoms with E-state index in [0.29, 0.717) is 23.0 Å². The molecular formula is C20H24N4O3. The Morgan fingerprint density at radius 2 is 2.15 bits per heavy atom. The van der Waals surface area contributed by atoms with E-state index in [9.17, 15) is 5.26 Å². The lowest BCUT2D eigenvalue weighted by Gasteiger charge is -2.25. The van der Waals surface area contributed by atoms with Gasteiger partial charge in [0, 0.05) is 11.3 Å². The van der Waals surface area contributed by atoms with Gasteiger partial charge in [0.25, 0.3) is 0 Å². The van der Waals surface area contributed by atoms with Crippen molar-refractivity contribution < 1.29 is 14.2 Å². The molecule has 1 aliphatic heterocycles. The third-order valence-corrected chi connectivity index (χ3v) is 4.40. The maximum absolute atomic E-state index is 9.72. The maximum Gasteiger partial charge on any atom is 0.244 e. The van der Waals surface area contributed by atoms with E-state index in [1.165, 1.54) is 0 Å². The highest BCUT2D eigenvalue weighted by Gasteiger charge is 2.35. The molecule has 3 rings (SSSR count). The lowest BCUT2D eigenvalue weighted by Crippen LogP contribution is -2.21. The molecule has 0 spiro atoms. The summed E-state index contributed by atoms with van der Waals surface area (Å²) in [7, 11) is 1.59. The van der Waals surface area contributed by atoms with Gasteiger partial charge in [-0.3, -0.25) is 5.10 Å². The molecule has 3 N–H and O–H groups in total. The number of hydrogen-bond acceptors (Lipinski definition) is 6. The van der Waals surface area contributed by atoms with Gasteiger partial charge in [-0.15, -0.1) is 5.10 Å². The van der Waals surface area contributed by atoms with E-state index < -0.39 is 0 Å². The molecule has 1 unspecified atom stereocenters. The number of H-pyrrole nitrogens is 1. The molecule has 27 heavy (non-hydrogen) atoms. The quantitative estimate of drug-likeness (QED) is 0.809. The van der Waals surface area contributed by atoms with Gasteiger partial charge in [-0.2, -0.15) is 5.26 Å². The molecule has 7 nitrogen and oxygen atoms in total. The molecule has 7 heteroatoms. The molecule has 2 heterocycles. The molecular weight excluding hydrogens is 344 g/mol. The summed E-state index contributed by atoms with van der Waals surface area (Å²) < 4.78 is 16.9. The van der Waals surface area contributed by atoms with Crippen molar-refractivity contribution in [3.8, 4) is 23.4 Å². The van der Waals surface area contributed by atoms with E-state index >= 15 is 0 Å². The second-order valence-corrected chi connectivity index (χ2v) is 6.67. The maximum atomic E-state index is 9.72. The molecule has 0 saturated carbocycles. The molecule has 0 amide bonds. The first-order valence-corrected chi connectivity index (χ1v) is 8.99. The smallest absolute Gasteiger partial charge is 0.244 e. The highest BCUT2D eigenvalue weighted by molar-refractivity contribution is 5.57. The van der Waals surface area contributed by atoms with Gasteiger partial charge in [-0.05, 0) is 38.0 Å². The number of aromatic amines is 1. The minimum atomic E-state index is -0.374. The Morgan fingerprint density at radius 3 is 2.78 bits per heavy atom. The monoisotopic (exact) mass is 368 g/mol. The van der Waals surface area contributed by atoms with Gasteiger partial charge in [-0.1, -0.05) is 19.4 Å². The van der Waals surface area contributed by atoms with Crippen LogP contribution in [0.25, 0.3) is 0 Å². The van der Waals surface area contributed by atoms with Crippen LogP contribution in [0.4, 0.5) is 0 Å². The molecule has 1 aromatic heterocycles. The Kier molecular flexibility index (Phi) is 5.26. The summed E-state index contributed by atoms with van der Waals surface area (Å²) in [4.78, 5) is 0. The zero-order valence-electron chi connectivity index (χ0n) is 16.0. The average molecular weight is 368 g/mol. The molecule has 0 aliphatic carbocycles. The number of benzene rings is 1. The standard InChI is InChI=1S/C20H24N4O3/c1-5-6-14-18-17(13(10-21)19(22)27-20(18)24-23-14)12-7-8-15(26-11(2)3)16(9-12)25-4/h7-9,11,17H,5-6,22H2,1-4H3,(H,23,24). The van der Waals surface area contributed by atoms with E-state index in [4.69, 9.17) is 19.9 Å². The number of nitriles is 1. The van der Waals surface area contributed by atoms with E-state index in [-0.39, 0.29) is 17.9 Å². The SMILES string of the molecule is CCCc1[nH]nc2c1C(c1ccc(OC(C)C)c(OC)c1)C(C#N)=C(N)O2. The first-order chi connectivity index (χ1) is 13.0. The van der Waals surface area contributed by atoms with Gasteiger partial charge in [0.15, 0.2) is 11.5 Å². The molecule has 1 aliphatic rings. The number of fused-ring (bicyclic) bond motifs is 1. The summed E-state index contributed by atoms with van der Waals surface area (Å²) in [5.41, 5.74) is 9.03. The normalized spacial score (nSPS) is 15.9. The fourth-order valence-corrected chi connectivity index (χ4v) is 3.30. The van der Waals surface area contributed by atoms with Crippen LogP contribution in [-0.4, -0.2) is 23.4 Å². The molecule has 2 aromatic rings. The van der Waals surface area contributed by atoms with Crippen LogP contribution in [0.2, 0.25) is 0 Å². The van der Waals surface area contributed by atoms with E-state index in [0.717, 1.165) is 29.7 Å². The predicted octanol–water partition coefficient (Wildman–Crippen LogP) is 3.38. The predicted molar refractivity (Wildman–Crippen MR) is 101 cm³/mol. The minimum Gasteiger partial charge on any atom is -0.493 e. The second kappa shape index (κ2) is 7.62. The van der Waals surface area contributed by atoms with Crippen LogP contribution < -0.4 is 19.9 Å². The molecule has 1 aromatic carbocycles. The van der Waals surface area contributed by atoms with Crippen LogP contribution >= 0.6 is 0 Å². The van der Waals surface area contributed by atoms with E-state index in [2.05, 4.69) is 23.2 Å². The van der Waals surface area contributed by atoms with Crippen LogP contribution in [0.3, 0.4) is 0 Å². The Hall–Kier alpha value is -3.14. The molecule has 1 atom stereocenters. The minimum absolute atomic E-state index is 0.0228. The summed E-state index contributed by atoms with van der Waals surface area (Å²) in [6, 6.07) is 7.86. The molecule has 0 radical (unpaired) electrons. The zero-order chi connectivity index (χ0) is 19.6. The number of allylic oxidation sites excluding steroid dienone is 1. The third-order valence-electron chi connectivity index (χ3n) is 4.40. The number of ether oxygens (including phenoxy) is 3. The van der Waals surface area contributed by atoms with Crippen molar-refractivity contribution >= 4 is 0 Å². The van der Waals surface area contributed by atoms with Crippen LogP contribution in [0.15, 0.2) is 29.7 Å². The number of nitrogens with one attached hydrogen (secondary N) is 1. The molecule has 142 valence electrons. The van der Waals surface area contributed by atoms with Gasteiger partial charge < -0.3 is 19.9 Å². The van der Waals surface area contributed by atoms with Crippen molar-refractivity contribution in [3.05, 3.63) is 46.5 Å². The van der Waals surface area contributed by atoms with E-state index in [1.807, 2.05) is 32.0 Å². The van der Waals surface area contributed by atoms with Crippen LogP contribution in [0, 0.1) is 11.3 Å². The summed E-state index contributed by atoms with van der Waals surface area (Å²) in [5.74, 6) is 1.37. The molecule has 0 bridgehead atoms. The fourth-order valence-electron chi connectivity index (χ4n) is 3.30. The first kappa shape index (κ1) is 18.6. The van der Waals surface area contributed by atoms with Gasteiger partial charge in [0.1, 0.15) is 11.6 Å². The number of rotatable bonds is 6. The van der Waals surface area contributed by atoms with Crippen molar-refractivity contribution in [3.63, 3.8) is 0 Å². The van der Waals surface area contributed by atoms with Gasteiger partial charge in [-0.25, -0.2) is 0 Å². The van der Waals surface area contributed by atoms with Crippen molar-refractivity contribution in [2.75, 3.05) is 7.11 Å². The largest absolute Gasteiger partial charge is 0.493 e. The average Bonchev–Trinajstić information content (AvgIpc) is 3.03. The fraction of sp³-hybridized carbons (Fsp3) is 0.400. The number of hydrogen-bond donors (Lipinski definition) is 2. The lowest BCUT2D eigenvalue weighted by atomic mass is 9.83. The number of aromatic nitrogens is 2. The Morgan fingerprint density at radius 1 is 1.37 bits per heavy atom. The lowest BCUT2D eigenvalue weighted by molar-refractivity contribution is 0.230. The highest BCUT2D eigenvalue weighted by Crippen LogP contribution is 2.44. The van der Waals surface area contributed by atoms with Crippen molar-refractivity contribution in [1.82, 2.24) is 10.2 Å². The third kappa shape index (κ3) is 3.43. The molecule has 0 fully saturated rings. The van der Waals surface area contributed by atoms with Crippen molar-refractivity contribution in [1.29, 1.82) is 5.26 Å². The van der Waals surface area contributed by atoms with Crippen LogP contribution in [-0.2, 0) is 6.42 Å². The van der Waals surface area contributed by atoms with Crippen LogP contribution in [0.1, 0.15) is 49.9 Å².